The fourth-order valence-electron chi connectivity index (χ4n) is 2.80. The van der Waals surface area contributed by atoms with E-state index in [9.17, 15) is 9.59 Å². The van der Waals surface area contributed by atoms with Gasteiger partial charge < -0.3 is 14.7 Å². The molecule has 6 nitrogen and oxygen atoms in total. The van der Waals surface area contributed by atoms with Crippen molar-refractivity contribution < 1.29 is 19.4 Å². The molecule has 1 atom stereocenters. The summed E-state index contributed by atoms with van der Waals surface area (Å²) >= 11 is 1.58. The second-order valence-corrected chi connectivity index (χ2v) is 7.19. The number of carboxylic acid groups (broad SMARTS) is 1. The average Bonchev–Trinajstić information content (AvgIpc) is 3.28. The van der Waals surface area contributed by atoms with E-state index in [0.717, 1.165) is 16.3 Å². The fraction of sp³-hybridized carbons (Fsp3) is 0.316. The van der Waals surface area contributed by atoms with Gasteiger partial charge in [-0.1, -0.05) is 18.2 Å². The third-order valence-corrected chi connectivity index (χ3v) is 5.04. The van der Waals surface area contributed by atoms with Crippen molar-refractivity contribution in [2.75, 3.05) is 13.1 Å². The number of aryl methyl sites for hydroxylation is 1. The summed E-state index contributed by atoms with van der Waals surface area (Å²) in [6.45, 7) is 3.06. The van der Waals surface area contributed by atoms with Gasteiger partial charge in [-0.15, -0.1) is 11.3 Å². The van der Waals surface area contributed by atoms with Crippen LogP contribution >= 0.6 is 11.3 Å². The third kappa shape index (κ3) is 4.49. The van der Waals surface area contributed by atoms with E-state index in [1.165, 1.54) is 6.08 Å². The van der Waals surface area contributed by atoms with Crippen molar-refractivity contribution in [3.8, 4) is 5.75 Å². The highest BCUT2D eigenvalue weighted by molar-refractivity contribution is 7.09. The average molecular weight is 372 g/mol. The molecule has 136 valence electrons. The summed E-state index contributed by atoms with van der Waals surface area (Å²) < 4.78 is 5.83. The summed E-state index contributed by atoms with van der Waals surface area (Å²) in [4.78, 5) is 29.2. The molecule has 0 aliphatic carbocycles. The van der Waals surface area contributed by atoms with Crippen LogP contribution in [0, 0.1) is 12.8 Å². The van der Waals surface area contributed by atoms with E-state index in [-0.39, 0.29) is 12.5 Å². The molecule has 1 aliphatic heterocycles. The standard InChI is InChI=1S/C19H20N2O4S/c1-13-20-16(12-26-13)11-25-17-5-3-2-4-14(17)6-7-18(22)21-9-8-15(10-21)19(23)24/h2-7,12,15H,8-11H2,1H3,(H,23,24)/b7-6+. The number of hydrogen-bond donors (Lipinski definition) is 1. The van der Waals surface area contributed by atoms with Gasteiger partial charge in [-0.25, -0.2) is 4.98 Å². The Morgan fingerprint density at radius 1 is 1.42 bits per heavy atom. The van der Waals surface area contributed by atoms with Crippen molar-refractivity contribution in [3.05, 3.63) is 52.0 Å². The number of carboxylic acids is 1. The molecule has 3 rings (SSSR count). The minimum atomic E-state index is -0.847. The lowest BCUT2D eigenvalue weighted by molar-refractivity contribution is -0.141. The van der Waals surface area contributed by atoms with Crippen LogP contribution in [0.5, 0.6) is 5.75 Å². The zero-order valence-corrected chi connectivity index (χ0v) is 15.2. The van der Waals surface area contributed by atoms with Crippen LogP contribution in [-0.2, 0) is 16.2 Å². The van der Waals surface area contributed by atoms with Gasteiger partial charge in [0, 0.05) is 30.1 Å². The second kappa shape index (κ2) is 8.14. The molecule has 0 spiro atoms. The molecule has 1 N–H and O–H groups in total. The van der Waals surface area contributed by atoms with Gasteiger partial charge in [0.05, 0.1) is 16.6 Å². The summed E-state index contributed by atoms with van der Waals surface area (Å²) in [6, 6.07) is 7.47. The van der Waals surface area contributed by atoms with Crippen LogP contribution in [0.15, 0.2) is 35.7 Å². The second-order valence-electron chi connectivity index (χ2n) is 6.13. The molecular formula is C19H20N2O4S. The number of amides is 1. The Balaban J connectivity index is 1.63. The first-order valence-electron chi connectivity index (χ1n) is 8.35. The Morgan fingerprint density at radius 3 is 2.92 bits per heavy atom. The molecule has 1 aromatic carbocycles. The molecular weight excluding hydrogens is 352 g/mol. The van der Waals surface area contributed by atoms with Gasteiger partial charge in [-0.05, 0) is 25.5 Å². The van der Waals surface area contributed by atoms with Gasteiger partial charge in [0.2, 0.25) is 5.91 Å². The molecule has 0 radical (unpaired) electrons. The Morgan fingerprint density at radius 2 is 2.23 bits per heavy atom. The van der Waals surface area contributed by atoms with Crippen LogP contribution in [0.1, 0.15) is 22.7 Å². The molecule has 1 amide bonds. The van der Waals surface area contributed by atoms with Gasteiger partial charge in [-0.2, -0.15) is 0 Å². The summed E-state index contributed by atoms with van der Waals surface area (Å²) in [5.74, 6) is -0.824. The van der Waals surface area contributed by atoms with Crippen molar-refractivity contribution in [3.63, 3.8) is 0 Å². The van der Waals surface area contributed by atoms with Crippen LogP contribution in [0.2, 0.25) is 0 Å². The normalized spacial score (nSPS) is 17.0. The molecule has 7 heteroatoms. The number of carbonyl (C=O) groups excluding carboxylic acids is 1. The number of aliphatic carboxylic acids is 1. The molecule has 0 bridgehead atoms. The predicted molar refractivity (Wildman–Crippen MR) is 99.0 cm³/mol. The van der Waals surface area contributed by atoms with Crippen LogP contribution in [0.4, 0.5) is 0 Å². The first kappa shape index (κ1) is 18.1. The lowest BCUT2D eigenvalue weighted by Crippen LogP contribution is -2.28. The number of ether oxygens (including phenoxy) is 1. The Labute approximate surface area is 155 Å². The van der Waals surface area contributed by atoms with Crippen molar-refractivity contribution in [2.24, 2.45) is 5.92 Å². The molecule has 1 saturated heterocycles. The van der Waals surface area contributed by atoms with Crippen molar-refractivity contribution >= 4 is 29.3 Å². The highest BCUT2D eigenvalue weighted by Gasteiger charge is 2.29. The number of aromatic nitrogens is 1. The Bertz CT molecular complexity index is 830. The fourth-order valence-corrected chi connectivity index (χ4v) is 3.40. The lowest BCUT2D eigenvalue weighted by Gasteiger charge is -2.13. The van der Waals surface area contributed by atoms with Crippen molar-refractivity contribution in [1.29, 1.82) is 0 Å². The van der Waals surface area contributed by atoms with Crippen LogP contribution in [0.3, 0.4) is 0 Å². The van der Waals surface area contributed by atoms with E-state index in [1.807, 2.05) is 36.6 Å². The molecule has 1 aromatic heterocycles. The number of thiazole rings is 1. The molecule has 2 aromatic rings. The molecule has 1 unspecified atom stereocenters. The monoisotopic (exact) mass is 372 g/mol. The topological polar surface area (TPSA) is 79.7 Å². The zero-order valence-electron chi connectivity index (χ0n) is 14.4. The van der Waals surface area contributed by atoms with Crippen LogP contribution in [0.25, 0.3) is 6.08 Å². The molecule has 1 fully saturated rings. The van der Waals surface area contributed by atoms with Gasteiger partial charge in [0.25, 0.3) is 0 Å². The highest BCUT2D eigenvalue weighted by atomic mass is 32.1. The van der Waals surface area contributed by atoms with Gasteiger partial charge in [0.15, 0.2) is 0 Å². The van der Waals surface area contributed by atoms with E-state index in [1.54, 1.807) is 22.3 Å². The number of nitrogens with zero attached hydrogens (tertiary/aromatic N) is 2. The molecule has 2 heterocycles. The number of hydrogen-bond acceptors (Lipinski definition) is 5. The van der Waals surface area contributed by atoms with E-state index in [2.05, 4.69) is 4.98 Å². The molecule has 0 saturated carbocycles. The SMILES string of the molecule is Cc1nc(COc2ccccc2/C=C/C(=O)N2CCC(C(=O)O)C2)cs1. The first-order chi connectivity index (χ1) is 12.5. The number of benzene rings is 1. The predicted octanol–water partition coefficient (Wildman–Crippen LogP) is 2.98. The van der Waals surface area contributed by atoms with Crippen LogP contribution < -0.4 is 4.74 Å². The van der Waals surface area contributed by atoms with Gasteiger partial charge >= 0.3 is 5.97 Å². The van der Waals surface area contributed by atoms with E-state index in [0.29, 0.717) is 25.3 Å². The highest BCUT2D eigenvalue weighted by Crippen LogP contribution is 2.22. The van der Waals surface area contributed by atoms with Crippen LogP contribution in [-0.4, -0.2) is 40.0 Å². The minimum absolute atomic E-state index is 0.182. The number of rotatable bonds is 6. The lowest BCUT2D eigenvalue weighted by atomic mass is 10.1. The van der Waals surface area contributed by atoms with Crippen molar-refractivity contribution in [2.45, 2.75) is 20.0 Å². The van der Waals surface area contributed by atoms with Gasteiger partial charge in [-0.3, -0.25) is 9.59 Å². The number of carbonyl (C=O) groups is 2. The number of likely N-dealkylation sites (tertiary alicyclic amines) is 1. The molecule has 1 aliphatic rings. The largest absolute Gasteiger partial charge is 0.487 e. The first-order valence-corrected chi connectivity index (χ1v) is 9.23. The summed E-state index contributed by atoms with van der Waals surface area (Å²) in [7, 11) is 0. The van der Waals surface area contributed by atoms with Gasteiger partial charge in [0.1, 0.15) is 12.4 Å². The smallest absolute Gasteiger partial charge is 0.308 e. The minimum Gasteiger partial charge on any atom is -0.487 e. The Hall–Kier alpha value is -2.67. The van der Waals surface area contributed by atoms with E-state index < -0.39 is 11.9 Å². The maximum atomic E-state index is 12.3. The maximum Gasteiger partial charge on any atom is 0.308 e. The summed E-state index contributed by atoms with van der Waals surface area (Å²) in [5.41, 5.74) is 1.67. The van der Waals surface area contributed by atoms with E-state index >= 15 is 0 Å². The summed E-state index contributed by atoms with van der Waals surface area (Å²) in [6.07, 6.45) is 3.68. The quantitative estimate of drug-likeness (QED) is 0.789. The maximum absolute atomic E-state index is 12.3. The van der Waals surface area contributed by atoms with Crippen molar-refractivity contribution in [1.82, 2.24) is 9.88 Å². The molecule has 26 heavy (non-hydrogen) atoms. The Kier molecular flexibility index (Phi) is 5.68. The summed E-state index contributed by atoms with van der Waals surface area (Å²) in [5, 5.41) is 12.0. The number of para-hydroxylation sites is 1. The van der Waals surface area contributed by atoms with E-state index in [4.69, 9.17) is 9.84 Å². The zero-order chi connectivity index (χ0) is 18.5. The third-order valence-electron chi connectivity index (χ3n) is 4.22.